The molecule has 0 aromatic carbocycles. The quantitative estimate of drug-likeness (QED) is 0.0228. The molecule has 1 aliphatic heterocycles. The minimum atomic E-state index is -1.95. The first kappa shape index (κ1) is 74.8. The van der Waals surface area contributed by atoms with Crippen LogP contribution in [0.3, 0.4) is 0 Å². The Morgan fingerprint density at radius 1 is 0.398 bits per heavy atom. The highest BCUT2D eigenvalue weighted by Gasteiger charge is 2.50. The molecule has 460 valence electrons. The lowest BCUT2D eigenvalue weighted by atomic mass is 9.98. The molecule has 0 aromatic rings. The zero-order valence-corrected chi connectivity index (χ0v) is 50.6. The minimum absolute atomic E-state index is 0.0398. The zero-order valence-electron chi connectivity index (χ0n) is 50.6. The molecule has 6 unspecified atom stereocenters. The fraction of sp³-hybridized carbons (Fsp3) is 0.521. The van der Waals surface area contributed by atoms with Gasteiger partial charge in [-0.2, -0.15) is 0 Å². The van der Waals surface area contributed by atoms with Crippen molar-refractivity contribution in [1.82, 2.24) is 0 Å². The first-order valence-corrected chi connectivity index (χ1v) is 30.8. The predicted octanol–water partition coefficient (Wildman–Crippen LogP) is 16.4. The van der Waals surface area contributed by atoms with Crippen LogP contribution < -0.4 is 0 Å². The lowest BCUT2D eigenvalue weighted by Crippen LogP contribution is -2.61. The van der Waals surface area contributed by atoms with Gasteiger partial charge in [0.25, 0.3) is 0 Å². The molecule has 0 spiro atoms. The first-order chi connectivity index (χ1) is 40.6. The van der Waals surface area contributed by atoms with Gasteiger partial charge in [-0.3, -0.25) is 14.4 Å². The van der Waals surface area contributed by atoms with E-state index in [-0.39, 0.29) is 25.9 Å². The first-order valence-electron chi connectivity index (χ1n) is 30.8. The van der Waals surface area contributed by atoms with Crippen LogP contribution in [0.1, 0.15) is 188 Å². The molecule has 0 radical (unpaired) electrons. The van der Waals surface area contributed by atoms with E-state index in [1.54, 1.807) is 0 Å². The molecule has 1 aliphatic rings. The standard InChI is InChI=1S/C71H104O12/c1-4-7-10-13-16-19-22-25-28-31-32-35-36-39-42-45-48-51-54-57-63(72)79-60-62(81-64(73)58-55-52-49-46-43-40-37-33-29-26-23-20-17-14-11-8-5-2)61-80-71-69(67(76)66(75)68(83-71)70(77)78)82-65(74)59-56-53-50-47-44-41-38-34-30-27-24-21-18-15-12-9-6-3/h7-12,16-21,25-30,32,35,37-42,46-47,49-50,62,66-69,71,75-76H,4-6,13-15,22-24,31,33-34,36,43-45,48,51-61H2,1-3H3,(H,77,78)/b10-7-,11-8-,12-9-,19-16-,20-17-,21-18-,28-25-,29-26-,30-27-,35-32-,40-37-,41-38-,42-39-,49-46-,50-47-. The number of carboxylic acids is 1. The van der Waals surface area contributed by atoms with Crippen molar-refractivity contribution in [3.8, 4) is 0 Å². The summed E-state index contributed by atoms with van der Waals surface area (Å²) in [7, 11) is 0. The Morgan fingerprint density at radius 2 is 0.735 bits per heavy atom. The molecule has 12 heteroatoms. The summed E-state index contributed by atoms with van der Waals surface area (Å²) in [5, 5.41) is 31.5. The molecule has 1 heterocycles. The molecule has 83 heavy (non-hydrogen) atoms. The molecule has 0 saturated carbocycles. The predicted molar refractivity (Wildman–Crippen MR) is 339 cm³/mol. The summed E-state index contributed by atoms with van der Waals surface area (Å²) in [5.41, 5.74) is 0. The number of allylic oxidation sites excluding steroid dienone is 30. The lowest BCUT2D eigenvalue weighted by Gasteiger charge is -2.40. The summed E-state index contributed by atoms with van der Waals surface area (Å²) >= 11 is 0. The Morgan fingerprint density at radius 3 is 1.11 bits per heavy atom. The second-order valence-corrected chi connectivity index (χ2v) is 19.8. The van der Waals surface area contributed by atoms with Gasteiger partial charge in [-0.1, -0.05) is 209 Å². The van der Waals surface area contributed by atoms with E-state index in [4.69, 9.17) is 23.7 Å². The molecule has 1 fully saturated rings. The summed E-state index contributed by atoms with van der Waals surface area (Å²) in [6.45, 7) is 5.53. The number of carboxylic acid groups (broad SMARTS) is 1. The Kier molecular flexibility index (Phi) is 50.8. The Bertz CT molecular complexity index is 2140. The van der Waals surface area contributed by atoms with Gasteiger partial charge in [0.1, 0.15) is 18.8 Å². The summed E-state index contributed by atoms with van der Waals surface area (Å²) in [6.07, 6.45) is 72.9. The van der Waals surface area contributed by atoms with E-state index in [1.165, 1.54) is 0 Å². The van der Waals surface area contributed by atoms with Crippen LogP contribution in [0, 0.1) is 0 Å². The molecular weight excluding hydrogens is 1040 g/mol. The van der Waals surface area contributed by atoms with Crippen LogP contribution in [0.15, 0.2) is 182 Å². The highest BCUT2D eigenvalue weighted by Crippen LogP contribution is 2.26. The van der Waals surface area contributed by atoms with E-state index in [0.717, 1.165) is 116 Å². The molecule has 0 aliphatic carbocycles. The molecule has 0 amide bonds. The number of carbonyl (C=O) groups excluding carboxylic acids is 3. The highest BCUT2D eigenvalue weighted by molar-refractivity contribution is 5.74. The van der Waals surface area contributed by atoms with Gasteiger partial charge >= 0.3 is 23.9 Å². The number of hydrogen-bond donors (Lipinski definition) is 3. The number of aliphatic carboxylic acids is 1. The van der Waals surface area contributed by atoms with Crippen molar-refractivity contribution in [2.24, 2.45) is 0 Å². The van der Waals surface area contributed by atoms with Crippen molar-refractivity contribution in [2.75, 3.05) is 13.2 Å². The van der Waals surface area contributed by atoms with Crippen LogP contribution in [0.2, 0.25) is 0 Å². The van der Waals surface area contributed by atoms with Crippen molar-refractivity contribution in [2.45, 2.75) is 225 Å². The maximum Gasteiger partial charge on any atom is 0.335 e. The molecule has 1 saturated heterocycles. The van der Waals surface area contributed by atoms with Gasteiger partial charge in [0.2, 0.25) is 0 Å². The summed E-state index contributed by atoms with van der Waals surface area (Å²) < 4.78 is 28.3. The van der Waals surface area contributed by atoms with E-state index < -0.39 is 67.3 Å². The van der Waals surface area contributed by atoms with Gasteiger partial charge in [-0.05, 0) is 141 Å². The van der Waals surface area contributed by atoms with E-state index >= 15 is 0 Å². The lowest BCUT2D eigenvalue weighted by molar-refractivity contribution is -0.301. The second kappa shape index (κ2) is 56.3. The van der Waals surface area contributed by atoms with Crippen LogP contribution >= 0.6 is 0 Å². The fourth-order valence-corrected chi connectivity index (χ4v) is 7.87. The van der Waals surface area contributed by atoms with Gasteiger partial charge in [0.05, 0.1) is 6.61 Å². The van der Waals surface area contributed by atoms with Gasteiger partial charge in [0, 0.05) is 19.3 Å². The third-order valence-electron chi connectivity index (χ3n) is 12.5. The zero-order chi connectivity index (χ0) is 60.3. The van der Waals surface area contributed by atoms with Crippen LogP contribution in [-0.4, -0.2) is 89.2 Å². The smallest absolute Gasteiger partial charge is 0.335 e. The number of esters is 3. The van der Waals surface area contributed by atoms with Gasteiger partial charge in [-0.25, -0.2) is 4.79 Å². The number of aliphatic hydroxyl groups excluding tert-OH is 2. The SMILES string of the molecule is CC/C=C\C/C=C\C/C=C\C/C=C\C/C=C\CCCCCC(=O)OCC(COC1OC(C(=O)O)C(O)C(O)C1OC(=O)CCC/C=C\C/C=C\C/C=C\C/C=C\C/C=C\CC)OC(=O)CCC/C=C\C/C=C\C/C=C\C/C=C\C/C=C\CC. The number of carbonyl (C=O) groups is 4. The van der Waals surface area contributed by atoms with E-state index in [9.17, 15) is 34.5 Å². The van der Waals surface area contributed by atoms with Gasteiger partial charge in [-0.15, -0.1) is 0 Å². The molecule has 0 aromatic heterocycles. The minimum Gasteiger partial charge on any atom is -0.479 e. The van der Waals surface area contributed by atoms with Crippen molar-refractivity contribution >= 4 is 23.9 Å². The molecule has 0 bridgehead atoms. The summed E-state index contributed by atoms with van der Waals surface area (Å²) in [6, 6.07) is 0. The Labute approximate surface area is 500 Å². The molecule has 6 atom stereocenters. The number of aliphatic hydroxyl groups is 2. The average molecular weight is 1150 g/mol. The van der Waals surface area contributed by atoms with Gasteiger partial charge < -0.3 is 39.0 Å². The van der Waals surface area contributed by atoms with Crippen LogP contribution in [0.25, 0.3) is 0 Å². The summed E-state index contributed by atoms with van der Waals surface area (Å²) in [4.78, 5) is 51.2. The number of rotatable bonds is 49. The van der Waals surface area contributed by atoms with E-state index in [1.807, 2.05) is 24.3 Å². The molecule has 1 rings (SSSR count). The largest absolute Gasteiger partial charge is 0.479 e. The number of ether oxygens (including phenoxy) is 5. The summed E-state index contributed by atoms with van der Waals surface area (Å²) in [5.74, 6) is -3.36. The van der Waals surface area contributed by atoms with Crippen molar-refractivity contribution in [3.05, 3.63) is 182 Å². The maximum absolute atomic E-state index is 13.2. The van der Waals surface area contributed by atoms with Crippen LogP contribution in [0.5, 0.6) is 0 Å². The Balaban J connectivity index is 2.80. The highest BCUT2D eigenvalue weighted by atomic mass is 16.7. The van der Waals surface area contributed by atoms with Gasteiger partial charge in [0.15, 0.2) is 24.6 Å². The Hall–Kier alpha value is -6.18. The number of hydrogen-bond acceptors (Lipinski definition) is 11. The van der Waals surface area contributed by atoms with E-state index in [0.29, 0.717) is 32.1 Å². The van der Waals surface area contributed by atoms with Crippen LogP contribution in [-0.2, 0) is 42.9 Å². The van der Waals surface area contributed by atoms with Crippen molar-refractivity contribution in [3.63, 3.8) is 0 Å². The third-order valence-corrected chi connectivity index (χ3v) is 12.5. The molecule has 12 nitrogen and oxygen atoms in total. The van der Waals surface area contributed by atoms with Crippen molar-refractivity contribution in [1.29, 1.82) is 0 Å². The molecule has 3 N–H and O–H groups in total. The van der Waals surface area contributed by atoms with Crippen LogP contribution in [0.4, 0.5) is 0 Å². The third kappa shape index (κ3) is 46.0. The fourth-order valence-electron chi connectivity index (χ4n) is 7.87. The monoisotopic (exact) mass is 1150 g/mol. The second-order valence-electron chi connectivity index (χ2n) is 19.8. The topological polar surface area (TPSA) is 175 Å². The average Bonchev–Trinajstić information content (AvgIpc) is 3.59. The normalized spacial score (nSPS) is 18.9. The van der Waals surface area contributed by atoms with Crippen molar-refractivity contribution < 1.29 is 58.2 Å². The van der Waals surface area contributed by atoms with E-state index in [2.05, 4.69) is 179 Å². The number of unbranched alkanes of at least 4 members (excludes halogenated alkanes) is 5. The molecular formula is C71H104O12. The maximum atomic E-state index is 13.2.